The van der Waals surface area contributed by atoms with Gasteiger partial charge in [0.15, 0.2) is 0 Å². The van der Waals surface area contributed by atoms with Crippen LogP contribution in [0.1, 0.15) is 24.1 Å². The van der Waals surface area contributed by atoms with Crippen LogP contribution in [0.4, 0.5) is 0 Å². The number of carbonyl (C=O) groups is 1. The molecule has 0 unspecified atom stereocenters. The van der Waals surface area contributed by atoms with Gasteiger partial charge in [0.2, 0.25) is 5.91 Å². The van der Waals surface area contributed by atoms with Gasteiger partial charge in [0, 0.05) is 12.6 Å². The lowest BCUT2D eigenvalue weighted by molar-refractivity contribution is -0.121. The van der Waals surface area contributed by atoms with E-state index in [1.54, 1.807) is 23.3 Å². The summed E-state index contributed by atoms with van der Waals surface area (Å²) in [5.74, 6) is 0.0295. The molecule has 1 aromatic carbocycles. The highest BCUT2D eigenvalue weighted by molar-refractivity contribution is 5.75. The standard InChI is InChI=1S/C18H19N5O/c24-18(10-4-8-15-6-2-1-3-7-15)20-12-16-14-23(22-21-16)17-9-5-11-19-13-17/h1-3,5-7,9,11,13-14H,4,8,10,12H2,(H,20,24). The molecule has 0 aliphatic rings. The molecule has 6 heteroatoms. The molecule has 0 atom stereocenters. The normalized spacial score (nSPS) is 10.5. The molecule has 1 N–H and O–H groups in total. The van der Waals surface area contributed by atoms with Gasteiger partial charge in [-0.1, -0.05) is 35.5 Å². The lowest BCUT2D eigenvalue weighted by Crippen LogP contribution is -2.22. The number of aromatic nitrogens is 4. The van der Waals surface area contributed by atoms with Crippen LogP contribution >= 0.6 is 0 Å². The third kappa shape index (κ3) is 4.49. The molecule has 0 aliphatic heterocycles. The van der Waals surface area contributed by atoms with Crippen molar-refractivity contribution in [2.75, 3.05) is 0 Å². The molecule has 0 aliphatic carbocycles. The van der Waals surface area contributed by atoms with Crippen molar-refractivity contribution < 1.29 is 4.79 Å². The second kappa shape index (κ2) is 8.01. The lowest BCUT2D eigenvalue weighted by atomic mass is 10.1. The molecule has 2 heterocycles. The first-order valence-corrected chi connectivity index (χ1v) is 7.93. The monoisotopic (exact) mass is 321 g/mol. The van der Waals surface area contributed by atoms with E-state index in [0.29, 0.717) is 13.0 Å². The van der Waals surface area contributed by atoms with Crippen molar-refractivity contribution in [1.29, 1.82) is 0 Å². The minimum Gasteiger partial charge on any atom is -0.350 e. The summed E-state index contributed by atoms with van der Waals surface area (Å²) >= 11 is 0. The maximum absolute atomic E-state index is 11.9. The maximum atomic E-state index is 11.9. The minimum atomic E-state index is 0.0295. The highest BCUT2D eigenvalue weighted by Gasteiger charge is 2.06. The molecule has 1 amide bonds. The second-order valence-corrected chi connectivity index (χ2v) is 5.48. The average Bonchev–Trinajstić information content (AvgIpc) is 3.11. The number of carbonyl (C=O) groups excluding carboxylic acids is 1. The Hall–Kier alpha value is -3.02. The zero-order valence-electron chi connectivity index (χ0n) is 13.3. The predicted octanol–water partition coefficient (Wildman–Crippen LogP) is 2.30. The van der Waals surface area contributed by atoms with Gasteiger partial charge in [0.1, 0.15) is 5.69 Å². The number of benzene rings is 1. The molecule has 0 fully saturated rings. The first-order valence-electron chi connectivity index (χ1n) is 7.93. The third-order valence-corrected chi connectivity index (χ3v) is 3.63. The Morgan fingerprint density at radius 1 is 1.12 bits per heavy atom. The van der Waals surface area contributed by atoms with E-state index in [2.05, 4.69) is 32.7 Å². The fraction of sp³-hybridized carbons (Fsp3) is 0.222. The van der Waals surface area contributed by atoms with Crippen molar-refractivity contribution in [3.63, 3.8) is 0 Å². The largest absolute Gasteiger partial charge is 0.350 e. The number of amides is 1. The summed E-state index contributed by atoms with van der Waals surface area (Å²) in [6, 6.07) is 13.9. The van der Waals surface area contributed by atoms with Crippen LogP contribution in [0, 0.1) is 0 Å². The number of hydrogen-bond acceptors (Lipinski definition) is 4. The van der Waals surface area contributed by atoms with Gasteiger partial charge in [-0.3, -0.25) is 9.78 Å². The van der Waals surface area contributed by atoms with Crippen molar-refractivity contribution in [2.24, 2.45) is 0 Å². The molecule has 3 rings (SSSR count). The van der Waals surface area contributed by atoms with Crippen molar-refractivity contribution in [3.05, 3.63) is 72.3 Å². The molecule has 0 spiro atoms. The van der Waals surface area contributed by atoms with Crippen LogP contribution in [0.2, 0.25) is 0 Å². The Bertz CT molecular complexity index is 770. The minimum absolute atomic E-state index is 0.0295. The zero-order chi connectivity index (χ0) is 16.6. The van der Waals surface area contributed by atoms with E-state index in [1.165, 1.54) is 5.56 Å². The van der Waals surface area contributed by atoms with E-state index in [9.17, 15) is 4.79 Å². The Morgan fingerprint density at radius 2 is 2.00 bits per heavy atom. The molecule has 0 saturated carbocycles. The maximum Gasteiger partial charge on any atom is 0.220 e. The highest BCUT2D eigenvalue weighted by atomic mass is 16.1. The highest BCUT2D eigenvalue weighted by Crippen LogP contribution is 2.06. The fourth-order valence-corrected chi connectivity index (χ4v) is 2.37. The summed E-state index contributed by atoms with van der Waals surface area (Å²) in [5.41, 5.74) is 2.81. The summed E-state index contributed by atoms with van der Waals surface area (Å²) in [7, 11) is 0. The van der Waals surface area contributed by atoms with Gasteiger partial charge in [-0.05, 0) is 30.5 Å². The first-order chi connectivity index (χ1) is 11.8. The quantitative estimate of drug-likeness (QED) is 0.725. The molecule has 0 saturated heterocycles. The summed E-state index contributed by atoms with van der Waals surface area (Å²) in [6.07, 6.45) is 7.45. The Labute approximate surface area is 140 Å². The first kappa shape index (κ1) is 15.9. The smallest absolute Gasteiger partial charge is 0.220 e. The van der Waals surface area contributed by atoms with Crippen LogP contribution in [-0.2, 0) is 17.8 Å². The van der Waals surface area contributed by atoms with Crippen molar-refractivity contribution in [1.82, 2.24) is 25.3 Å². The van der Waals surface area contributed by atoms with Crippen LogP contribution < -0.4 is 5.32 Å². The number of aryl methyl sites for hydroxylation is 1. The summed E-state index contributed by atoms with van der Waals surface area (Å²) in [6.45, 7) is 0.379. The summed E-state index contributed by atoms with van der Waals surface area (Å²) in [5, 5.41) is 11.0. The average molecular weight is 321 g/mol. The van der Waals surface area contributed by atoms with E-state index in [4.69, 9.17) is 0 Å². The van der Waals surface area contributed by atoms with Crippen LogP contribution in [0.3, 0.4) is 0 Å². The topological polar surface area (TPSA) is 72.7 Å². The van der Waals surface area contributed by atoms with Gasteiger partial charge in [-0.25, -0.2) is 4.68 Å². The SMILES string of the molecule is O=C(CCCc1ccccc1)NCc1cn(-c2cccnc2)nn1. The van der Waals surface area contributed by atoms with E-state index in [1.807, 2.05) is 30.3 Å². The summed E-state index contributed by atoms with van der Waals surface area (Å²) in [4.78, 5) is 16.0. The van der Waals surface area contributed by atoms with Crippen LogP contribution in [0.15, 0.2) is 61.1 Å². The van der Waals surface area contributed by atoms with Crippen LogP contribution in [-0.4, -0.2) is 25.9 Å². The molecule has 122 valence electrons. The van der Waals surface area contributed by atoms with Crippen LogP contribution in [0.5, 0.6) is 0 Å². The van der Waals surface area contributed by atoms with Crippen molar-refractivity contribution in [3.8, 4) is 5.69 Å². The Morgan fingerprint density at radius 3 is 2.79 bits per heavy atom. The molecule has 0 radical (unpaired) electrons. The number of nitrogens with one attached hydrogen (secondary N) is 1. The molecule has 0 bridgehead atoms. The van der Waals surface area contributed by atoms with Crippen molar-refractivity contribution in [2.45, 2.75) is 25.8 Å². The fourth-order valence-electron chi connectivity index (χ4n) is 2.37. The molecular weight excluding hydrogens is 302 g/mol. The van der Waals surface area contributed by atoms with E-state index in [-0.39, 0.29) is 5.91 Å². The molecule has 3 aromatic rings. The number of rotatable bonds is 7. The van der Waals surface area contributed by atoms with Gasteiger partial charge >= 0.3 is 0 Å². The lowest BCUT2D eigenvalue weighted by Gasteiger charge is -2.03. The van der Waals surface area contributed by atoms with E-state index in [0.717, 1.165) is 24.2 Å². The van der Waals surface area contributed by atoms with Gasteiger partial charge < -0.3 is 5.32 Å². The summed E-state index contributed by atoms with van der Waals surface area (Å²) < 4.78 is 1.64. The molecule has 24 heavy (non-hydrogen) atoms. The Kier molecular flexibility index (Phi) is 5.29. The Balaban J connectivity index is 1.42. The van der Waals surface area contributed by atoms with E-state index >= 15 is 0 Å². The molecule has 2 aromatic heterocycles. The van der Waals surface area contributed by atoms with Gasteiger partial charge in [0.25, 0.3) is 0 Å². The number of hydrogen-bond donors (Lipinski definition) is 1. The molecule has 6 nitrogen and oxygen atoms in total. The zero-order valence-corrected chi connectivity index (χ0v) is 13.3. The van der Waals surface area contributed by atoms with Crippen LogP contribution in [0.25, 0.3) is 5.69 Å². The van der Waals surface area contributed by atoms with Crippen molar-refractivity contribution >= 4 is 5.91 Å². The molecular formula is C18H19N5O. The van der Waals surface area contributed by atoms with Gasteiger partial charge in [-0.15, -0.1) is 5.10 Å². The number of nitrogens with zero attached hydrogens (tertiary/aromatic N) is 4. The van der Waals surface area contributed by atoms with E-state index < -0.39 is 0 Å². The second-order valence-electron chi connectivity index (χ2n) is 5.48. The van der Waals surface area contributed by atoms with Gasteiger partial charge in [-0.2, -0.15) is 0 Å². The predicted molar refractivity (Wildman–Crippen MR) is 90.4 cm³/mol. The number of pyridine rings is 1. The third-order valence-electron chi connectivity index (χ3n) is 3.63. The van der Waals surface area contributed by atoms with Gasteiger partial charge in [0.05, 0.1) is 24.6 Å².